The minimum absolute atomic E-state index is 0.0402. The summed E-state index contributed by atoms with van der Waals surface area (Å²) in [6.07, 6.45) is 2.16. The number of nitrogens with one attached hydrogen (secondary N) is 1. The highest BCUT2D eigenvalue weighted by Gasteiger charge is 2.49. The van der Waals surface area contributed by atoms with E-state index >= 15 is 0 Å². The largest absolute Gasteiger partial charge is 0.465 e. The second kappa shape index (κ2) is 5.83. The number of ether oxygens (including phenoxy) is 1. The summed E-state index contributed by atoms with van der Waals surface area (Å²) >= 11 is 0. The predicted molar refractivity (Wildman–Crippen MR) is 76.8 cm³/mol. The highest BCUT2D eigenvalue weighted by atomic mass is 32.2. The molecule has 3 saturated heterocycles. The van der Waals surface area contributed by atoms with E-state index in [4.69, 9.17) is 4.74 Å². The maximum Gasteiger partial charge on any atom is 0.324 e. The zero-order valence-electron chi connectivity index (χ0n) is 12.3. The van der Waals surface area contributed by atoms with Crippen molar-refractivity contribution in [3.63, 3.8) is 0 Å². The highest BCUT2D eigenvalue weighted by molar-refractivity contribution is 7.86. The van der Waals surface area contributed by atoms with Crippen LogP contribution in [0.15, 0.2) is 0 Å². The summed E-state index contributed by atoms with van der Waals surface area (Å²) in [5, 5.41) is 3.25. The molecule has 3 aliphatic rings. The van der Waals surface area contributed by atoms with Crippen molar-refractivity contribution in [3.05, 3.63) is 0 Å². The fourth-order valence-corrected chi connectivity index (χ4v) is 5.79. The van der Waals surface area contributed by atoms with Gasteiger partial charge in [0.05, 0.1) is 6.61 Å². The first-order chi connectivity index (χ1) is 10.1. The van der Waals surface area contributed by atoms with Crippen molar-refractivity contribution in [1.82, 2.24) is 13.9 Å². The highest BCUT2D eigenvalue weighted by Crippen LogP contribution is 2.33. The molecule has 3 atom stereocenters. The first kappa shape index (κ1) is 15.2. The fraction of sp³-hybridized carbons (Fsp3) is 0.923. The van der Waals surface area contributed by atoms with Crippen molar-refractivity contribution in [2.75, 3.05) is 32.8 Å². The van der Waals surface area contributed by atoms with Gasteiger partial charge in [0.25, 0.3) is 10.2 Å². The van der Waals surface area contributed by atoms with Crippen LogP contribution in [-0.2, 0) is 19.7 Å². The van der Waals surface area contributed by atoms with Gasteiger partial charge in [0.15, 0.2) is 0 Å². The molecule has 0 amide bonds. The zero-order valence-corrected chi connectivity index (χ0v) is 13.1. The van der Waals surface area contributed by atoms with Gasteiger partial charge >= 0.3 is 5.97 Å². The minimum Gasteiger partial charge on any atom is -0.465 e. The molecule has 0 spiro atoms. The predicted octanol–water partition coefficient (Wildman–Crippen LogP) is -0.448. The van der Waals surface area contributed by atoms with Crippen LogP contribution in [0.2, 0.25) is 0 Å². The van der Waals surface area contributed by atoms with E-state index < -0.39 is 22.2 Å². The molecule has 0 saturated carbocycles. The standard InChI is InChI=1S/C13H23N3O4S/c1-2-20-13(17)11-4-3-6-15(11)21(18,19)16-7-5-10-8-14-9-12(10)16/h10-12,14H,2-9H2,1H3/t10-,11?,12+/m0/s1. The van der Waals surface area contributed by atoms with Crippen molar-refractivity contribution >= 4 is 16.2 Å². The summed E-state index contributed by atoms with van der Waals surface area (Å²) < 4.78 is 33.8. The van der Waals surface area contributed by atoms with Crippen molar-refractivity contribution in [1.29, 1.82) is 0 Å². The van der Waals surface area contributed by atoms with Gasteiger partial charge in [-0.25, -0.2) is 0 Å². The summed E-state index contributed by atoms with van der Waals surface area (Å²) in [5.74, 6) is -0.0118. The van der Waals surface area contributed by atoms with Gasteiger partial charge in [0, 0.05) is 25.7 Å². The maximum atomic E-state index is 12.9. The zero-order chi connectivity index (χ0) is 15.0. The van der Waals surface area contributed by atoms with Crippen LogP contribution in [0.3, 0.4) is 0 Å². The van der Waals surface area contributed by atoms with Gasteiger partial charge < -0.3 is 10.1 Å². The van der Waals surface area contributed by atoms with E-state index in [2.05, 4.69) is 5.32 Å². The Morgan fingerprint density at radius 2 is 2.05 bits per heavy atom. The smallest absolute Gasteiger partial charge is 0.324 e. The Morgan fingerprint density at radius 3 is 2.81 bits per heavy atom. The molecule has 0 aromatic carbocycles. The average Bonchev–Trinajstić information content (AvgIpc) is 3.14. The van der Waals surface area contributed by atoms with Gasteiger partial charge in [-0.05, 0) is 38.6 Å². The van der Waals surface area contributed by atoms with E-state index in [1.807, 2.05) is 0 Å². The molecule has 0 bridgehead atoms. The van der Waals surface area contributed by atoms with Gasteiger partial charge in [-0.2, -0.15) is 17.0 Å². The molecule has 21 heavy (non-hydrogen) atoms. The average molecular weight is 317 g/mol. The number of nitrogens with zero attached hydrogens (tertiary/aromatic N) is 2. The van der Waals surface area contributed by atoms with Gasteiger partial charge in [-0.15, -0.1) is 0 Å². The molecular weight excluding hydrogens is 294 g/mol. The van der Waals surface area contributed by atoms with E-state index in [9.17, 15) is 13.2 Å². The normalized spacial score (nSPS) is 34.2. The van der Waals surface area contributed by atoms with E-state index in [-0.39, 0.29) is 12.6 Å². The Kier molecular flexibility index (Phi) is 4.22. The molecule has 3 aliphatic heterocycles. The summed E-state index contributed by atoms with van der Waals surface area (Å²) in [6, 6.07) is -0.609. The fourth-order valence-electron chi connectivity index (χ4n) is 3.72. The lowest BCUT2D eigenvalue weighted by molar-refractivity contribution is -0.146. The van der Waals surface area contributed by atoms with Crippen molar-refractivity contribution in [2.24, 2.45) is 5.92 Å². The number of carbonyl (C=O) groups is 1. The van der Waals surface area contributed by atoms with E-state index in [0.717, 1.165) is 13.0 Å². The first-order valence-corrected chi connectivity index (χ1v) is 9.11. The summed E-state index contributed by atoms with van der Waals surface area (Å²) in [5.41, 5.74) is 0. The van der Waals surface area contributed by atoms with Crippen LogP contribution in [0.1, 0.15) is 26.2 Å². The number of fused-ring (bicyclic) bond motifs is 1. The second-order valence-corrected chi connectivity index (χ2v) is 7.75. The Balaban J connectivity index is 1.79. The summed E-state index contributed by atoms with van der Waals surface area (Å²) in [6.45, 7) is 4.58. The third-order valence-corrected chi connectivity index (χ3v) is 6.83. The summed E-state index contributed by atoms with van der Waals surface area (Å²) in [7, 11) is -3.58. The Morgan fingerprint density at radius 1 is 1.24 bits per heavy atom. The molecule has 7 nitrogen and oxygen atoms in total. The van der Waals surface area contributed by atoms with Crippen LogP contribution < -0.4 is 5.32 Å². The Bertz CT molecular complexity index is 510. The molecule has 0 radical (unpaired) electrons. The van der Waals surface area contributed by atoms with Crippen molar-refractivity contribution in [2.45, 2.75) is 38.3 Å². The van der Waals surface area contributed by atoms with E-state index in [1.54, 1.807) is 11.2 Å². The van der Waals surface area contributed by atoms with E-state index in [1.165, 1.54) is 4.31 Å². The number of hydrogen-bond acceptors (Lipinski definition) is 5. The second-order valence-electron chi connectivity index (χ2n) is 5.91. The topological polar surface area (TPSA) is 79.0 Å². The lowest BCUT2D eigenvalue weighted by Crippen LogP contribution is -2.51. The minimum atomic E-state index is -3.58. The van der Waals surface area contributed by atoms with Gasteiger partial charge in [-0.3, -0.25) is 4.79 Å². The molecule has 3 heterocycles. The van der Waals surface area contributed by atoms with Crippen LogP contribution in [0.25, 0.3) is 0 Å². The molecule has 8 heteroatoms. The van der Waals surface area contributed by atoms with Crippen LogP contribution >= 0.6 is 0 Å². The molecule has 0 aromatic rings. The monoisotopic (exact) mass is 317 g/mol. The quantitative estimate of drug-likeness (QED) is 0.711. The van der Waals surface area contributed by atoms with Crippen molar-refractivity contribution in [3.8, 4) is 0 Å². The lowest BCUT2D eigenvalue weighted by Gasteiger charge is -2.30. The van der Waals surface area contributed by atoms with Crippen LogP contribution in [0.4, 0.5) is 0 Å². The summed E-state index contributed by atoms with van der Waals surface area (Å²) in [4.78, 5) is 12.0. The van der Waals surface area contributed by atoms with Crippen LogP contribution in [0, 0.1) is 5.92 Å². The Hall–Kier alpha value is -0.700. The first-order valence-electron chi connectivity index (χ1n) is 7.71. The third-order valence-electron chi connectivity index (χ3n) is 4.75. The molecular formula is C13H23N3O4S. The number of hydrogen-bond donors (Lipinski definition) is 1. The lowest BCUT2D eigenvalue weighted by atomic mass is 10.1. The van der Waals surface area contributed by atoms with Crippen LogP contribution in [0.5, 0.6) is 0 Å². The van der Waals surface area contributed by atoms with Crippen LogP contribution in [-0.4, -0.2) is 67.9 Å². The number of esters is 1. The molecule has 0 aromatic heterocycles. The molecule has 120 valence electrons. The van der Waals surface area contributed by atoms with Gasteiger partial charge in [0.1, 0.15) is 6.04 Å². The van der Waals surface area contributed by atoms with Gasteiger partial charge in [-0.1, -0.05) is 0 Å². The number of rotatable bonds is 4. The third kappa shape index (κ3) is 2.58. The molecule has 3 rings (SSSR count). The van der Waals surface area contributed by atoms with Gasteiger partial charge in [0.2, 0.25) is 0 Å². The van der Waals surface area contributed by atoms with Crippen molar-refractivity contribution < 1.29 is 17.9 Å². The molecule has 1 N–H and O–H groups in total. The molecule has 0 aliphatic carbocycles. The molecule has 1 unspecified atom stereocenters. The molecule has 3 fully saturated rings. The Labute approximate surface area is 125 Å². The number of carbonyl (C=O) groups excluding carboxylic acids is 1. The van der Waals surface area contributed by atoms with E-state index in [0.29, 0.717) is 38.4 Å². The maximum absolute atomic E-state index is 12.9. The SMILES string of the molecule is CCOC(=O)C1CCCN1S(=O)(=O)N1CC[C@H]2CNC[C@H]21.